The quantitative estimate of drug-likeness (QED) is 0.562. The smallest absolute Gasteiger partial charge is 0.326 e. The highest BCUT2D eigenvalue weighted by Crippen LogP contribution is 2.29. The summed E-state index contributed by atoms with van der Waals surface area (Å²) in [5.74, 6) is -0.761. The molecule has 152 valence electrons. The van der Waals surface area contributed by atoms with Crippen molar-refractivity contribution in [1.29, 1.82) is 0 Å². The maximum Gasteiger partial charge on any atom is 0.332 e. The lowest BCUT2D eigenvalue weighted by Crippen LogP contribution is -2.37. The van der Waals surface area contributed by atoms with Crippen molar-refractivity contribution in [3.8, 4) is 0 Å². The van der Waals surface area contributed by atoms with Crippen LogP contribution >= 0.6 is 22.9 Å². The van der Waals surface area contributed by atoms with Gasteiger partial charge in [-0.25, -0.2) is 9.69 Å². The van der Waals surface area contributed by atoms with Crippen molar-refractivity contribution < 1.29 is 14.4 Å². The number of carbonyl (C=O) groups excluding carboxylic acids is 3. The standard InChI is InChI=1S/C22H18ClN3O3S/c23-15-8-10-16(11-9-15)24-20(27)13-19-21(28)26(17-5-2-1-3-6-17)22(29)25(19)14-18-7-4-12-30-18/h1-12,19H,13-14H2,(H,24,27). The fraction of sp³-hybridized carbons (Fsp3) is 0.136. The summed E-state index contributed by atoms with van der Waals surface area (Å²) < 4.78 is 0. The summed E-state index contributed by atoms with van der Waals surface area (Å²) in [5.41, 5.74) is 1.06. The van der Waals surface area contributed by atoms with E-state index < -0.39 is 18.0 Å². The van der Waals surface area contributed by atoms with Gasteiger partial charge in [0.05, 0.1) is 18.7 Å². The molecule has 4 amide bonds. The topological polar surface area (TPSA) is 69.7 Å². The van der Waals surface area contributed by atoms with Gasteiger partial charge in [0.25, 0.3) is 5.91 Å². The first-order chi connectivity index (χ1) is 14.5. The van der Waals surface area contributed by atoms with E-state index in [9.17, 15) is 14.4 Å². The fourth-order valence-electron chi connectivity index (χ4n) is 3.32. The molecule has 1 aliphatic rings. The van der Waals surface area contributed by atoms with Crippen LogP contribution in [0, 0.1) is 0 Å². The Labute approximate surface area is 182 Å². The fourth-order valence-corrected chi connectivity index (χ4v) is 4.15. The predicted octanol–water partition coefficient (Wildman–Crippen LogP) is 4.77. The van der Waals surface area contributed by atoms with E-state index in [0.717, 1.165) is 9.78 Å². The van der Waals surface area contributed by atoms with Gasteiger partial charge in [0, 0.05) is 15.6 Å². The second-order valence-corrected chi connectivity index (χ2v) is 8.24. The third kappa shape index (κ3) is 4.22. The minimum atomic E-state index is -0.882. The van der Waals surface area contributed by atoms with Crippen molar-refractivity contribution in [2.75, 3.05) is 10.2 Å². The zero-order valence-electron chi connectivity index (χ0n) is 15.8. The van der Waals surface area contributed by atoms with Crippen LogP contribution in [0.25, 0.3) is 0 Å². The van der Waals surface area contributed by atoms with Crippen LogP contribution in [0.3, 0.4) is 0 Å². The lowest BCUT2D eigenvalue weighted by molar-refractivity contribution is -0.124. The largest absolute Gasteiger partial charge is 0.332 e. The molecular formula is C22H18ClN3O3S. The summed E-state index contributed by atoms with van der Waals surface area (Å²) in [5, 5.41) is 5.23. The Hall–Kier alpha value is -3.16. The van der Waals surface area contributed by atoms with E-state index >= 15 is 0 Å². The van der Waals surface area contributed by atoms with Crippen LogP contribution in [-0.4, -0.2) is 28.8 Å². The number of urea groups is 1. The van der Waals surface area contributed by atoms with E-state index in [1.807, 2.05) is 23.6 Å². The number of nitrogens with one attached hydrogen (secondary N) is 1. The Morgan fingerprint density at radius 3 is 2.40 bits per heavy atom. The molecule has 0 saturated carbocycles. The number of hydrogen-bond acceptors (Lipinski definition) is 4. The summed E-state index contributed by atoms with van der Waals surface area (Å²) in [6.45, 7) is 0.268. The minimum Gasteiger partial charge on any atom is -0.326 e. The van der Waals surface area contributed by atoms with E-state index in [1.165, 1.54) is 16.2 Å². The molecule has 0 bridgehead atoms. The van der Waals surface area contributed by atoms with Crippen LogP contribution in [0.15, 0.2) is 72.1 Å². The lowest BCUT2D eigenvalue weighted by Gasteiger charge is -2.21. The van der Waals surface area contributed by atoms with Crippen molar-refractivity contribution in [2.24, 2.45) is 0 Å². The molecule has 2 aromatic carbocycles. The van der Waals surface area contributed by atoms with Gasteiger partial charge in [-0.05, 0) is 47.8 Å². The Balaban J connectivity index is 1.57. The normalized spacial score (nSPS) is 16.2. The molecular weight excluding hydrogens is 422 g/mol. The van der Waals surface area contributed by atoms with E-state index in [0.29, 0.717) is 16.4 Å². The number of benzene rings is 2. The van der Waals surface area contributed by atoms with Crippen molar-refractivity contribution in [1.82, 2.24) is 4.90 Å². The van der Waals surface area contributed by atoms with Crippen molar-refractivity contribution >= 4 is 52.2 Å². The SMILES string of the molecule is O=C(CC1C(=O)N(c2ccccc2)C(=O)N1Cc1cccs1)Nc1ccc(Cl)cc1. The average Bonchev–Trinajstić information content (AvgIpc) is 3.33. The van der Waals surface area contributed by atoms with Gasteiger partial charge in [-0.15, -0.1) is 11.3 Å². The van der Waals surface area contributed by atoms with Gasteiger partial charge in [0.15, 0.2) is 0 Å². The summed E-state index contributed by atoms with van der Waals surface area (Å²) in [7, 11) is 0. The van der Waals surface area contributed by atoms with Crippen molar-refractivity contribution in [2.45, 2.75) is 19.0 Å². The molecule has 4 rings (SSSR count). The molecule has 1 N–H and O–H groups in total. The van der Waals surface area contributed by atoms with Gasteiger partial charge < -0.3 is 10.2 Å². The number of imide groups is 1. The summed E-state index contributed by atoms with van der Waals surface area (Å²) in [6.07, 6.45) is -0.137. The van der Waals surface area contributed by atoms with Crippen LogP contribution in [0.5, 0.6) is 0 Å². The summed E-state index contributed by atoms with van der Waals surface area (Å²) in [4.78, 5) is 42.5. The molecule has 1 atom stereocenters. The van der Waals surface area contributed by atoms with Crippen LogP contribution in [0.4, 0.5) is 16.2 Å². The maximum atomic E-state index is 13.2. The third-order valence-electron chi connectivity index (χ3n) is 4.75. The highest BCUT2D eigenvalue weighted by atomic mass is 35.5. The summed E-state index contributed by atoms with van der Waals surface area (Å²) >= 11 is 7.37. The van der Waals surface area contributed by atoms with Gasteiger partial charge in [-0.1, -0.05) is 35.9 Å². The molecule has 8 heteroatoms. The van der Waals surface area contributed by atoms with Gasteiger partial charge in [0.2, 0.25) is 5.91 Å². The molecule has 30 heavy (non-hydrogen) atoms. The number of thiophene rings is 1. The number of carbonyl (C=O) groups is 3. The van der Waals surface area contributed by atoms with Gasteiger partial charge in [0.1, 0.15) is 6.04 Å². The Bertz CT molecular complexity index is 1060. The predicted molar refractivity (Wildman–Crippen MR) is 118 cm³/mol. The number of nitrogens with zero attached hydrogens (tertiary/aromatic N) is 2. The van der Waals surface area contributed by atoms with Gasteiger partial charge in [-0.2, -0.15) is 0 Å². The molecule has 3 aromatic rings. The van der Waals surface area contributed by atoms with Gasteiger partial charge in [-0.3, -0.25) is 9.59 Å². The second kappa shape index (κ2) is 8.69. The van der Waals surface area contributed by atoms with Gasteiger partial charge >= 0.3 is 6.03 Å². The number of para-hydroxylation sites is 1. The number of halogens is 1. The van der Waals surface area contributed by atoms with E-state index in [4.69, 9.17) is 11.6 Å². The summed E-state index contributed by atoms with van der Waals surface area (Å²) in [6, 6.07) is 17.9. The first-order valence-electron chi connectivity index (χ1n) is 9.30. The Morgan fingerprint density at radius 2 is 1.73 bits per heavy atom. The molecule has 1 fully saturated rings. The average molecular weight is 440 g/mol. The van der Waals surface area contributed by atoms with Crippen LogP contribution < -0.4 is 10.2 Å². The van der Waals surface area contributed by atoms with Crippen LogP contribution in [0.2, 0.25) is 5.02 Å². The molecule has 0 spiro atoms. The minimum absolute atomic E-state index is 0.137. The molecule has 6 nitrogen and oxygen atoms in total. The van der Waals surface area contributed by atoms with Crippen LogP contribution in [-0.2, 0) is 16.1 Å². The second-order valence-electron chi connectivity index (χ2n) is 6.77. The highest BCUT2D eigenvalue weighted by Gasteiger charge is 2.46. The Kier molecular flexibility index (Phi) is 5.83. The van der Waals surface area contributed by atoms with E-state index in [2.05, 4.69) is 5.32 Å². The molecule has 0 aliphatic carbocycles. The highest BCUT2D eigenvalue weighted by molar-refractivity contribution is 7.09. The molecule has 2 heterocycles. The number of anilines is 2. The first-order valence-corrected chi connectivity index (χ1v) is 10.6. The zero-order valence-corrected chi connectivity index (χ0v) is 17.4. The first kappa shape index (κ1) is 20.1. The monoisotopic (exact) mass is 439 g/mol. The molecule has 1 aliphatic heterocycles. The van der Waals surface area contributed by atoms with Crippen LogP contribution in [0.1, 0.15) is 11.3 Å². The molecule has 1 unspecified atom stereocenters. The third-order valence-corrected chi connectivity index (χ3v) is 5.86. The Morgan fingerprint density at radius 1 is 1.00 bits per heavy atom. The number of rotatable bonds is 6. The molecule has 1 saturated heterocycles. The van der Waals surface area contributed by atoms with E-state index in [1.54, 1.807) is 48.5 Å². The number of amides is 4. The zero-order chi connectivity index (χ0) is 21.1. The van der Waals surface area contributed by atoms with E-state index in [-0.39, 0.29) is 18.9 Å². The lowest BCUT2D eigenvalue weighted by atomic mass is 10.1. The molecule has 0 radical (unpaired) electrons. The maximum absolute atomic E-state index is 13.2. The van der Waals surface area contributed by atoms with Crippen molar-refractivity contribution in [3.63, 3.8) is 0 Å². The number of hydrogen-bond donors (Lipinski definition) is 1. The molecule has 1 aromatic heterocycles. The van der Waals surface area contributed by atoms with Crippen molar-refractivity contribution in [3.05, 3.63) is 82.0 Å².